The van der Waals surface area contributed by atoms with Gasteiger partial charge in [0.1, 0.15) is 0 Å². The molecule has 0 aliphatic carbocycles. The molecule has 0 N–H and O–H groups in total. The molecule has 66 valence electrons. The largest absolute Gasteiger partial charge is 0.342 e. The maximum absolute atomic E-state index is 4.68. The highest BCUT2D eigenvalue weighted by atomic mass is 127. The van der Waals surface area contributed by atoms with Gasteiger partial charge in [-0.05, 0) is 40.8 Å². The summed E-state index contributed by atoms with van der Waals surface area (Å²) in [5, 5.41) is 3.77. The molecule has 0 atom stereocenters. The topological polar surface area (TPSA) is 38.9 Å². The summed E-state index contributed by atoms with van der Waals surface area (Å²) in [5.41, 5.74) is 0.945. The summed E-state index contributed by atoms with van der Waals surface area (Å²) < 4.78 is 6.79. The molecule has 0 unspecified atom stereocenters. The van der Waals surface area contributed by atoms with Crippen molar-refractivity contribution in [3.05, 3.63) is 32.6 Å². The molecule has 0 spiro atoms. The Labute approximate surface area is 96.8 Å². The van der Waals surface area contributed by atoms with Crippen LogP contribution in [0.1, 0.15) is 0 Å². The van der Waals surface area contributed by atoms with E-state index in [1.54, 1.807) is 0 Å². The molecule has 1 aromatic carbocycles. The number of nitrogens with zero attached hydrogens (tertiary/aromatic N) is 2. The summed E-state index contributed by atoms with van der Waals surface area (Å²) in [7, 11) is 0. The van der Waals surface area contributed by atoms with Gasteiger partial charge in [0.05, 0.1) is 0 Å². The fraction of sp³-hybridized carbons (Fsp3) is 0. The van der Waals surface area contributed by atoms with Gasteiger partial charge >= 0.3 is 0 Å². The zero-order valence-electron chi connectivity index (χ0n) is 6.37. The highest BCUT2D eigenvalue weighted by Gasteiger charge is 2.07. The minimum absolute atomic E-state index is 0.602. The Morgan fingerprint density at radius 3 is 2.92 bits per heavy atom. The van der Waals surface area contributed by atoms with Gasteiger partial charge in [-0.2, -0.15) is 4.98 Å². The second kappa shape index (κ2) is 3.75. The second-order valence-corrected chi connectivity index (χ2v) is 4.48. The molecule has 0 radical (unpaired) electrons. The second-order valence-electron chi connectivity index (χ2n) is 2.38. The fourth-order valence-electron chi connectivity index (χ4n) is 0.958. The van der Waals surface area contributed by atoms with Crippen LogP contribution in [-0.2, 0) is 0 Å². The van der Waals surface area contributed by atoms with Crippen LogP contribution in [0.4, 0.5) is 0 Å². The zero-order chi connectivity index (χ0) is 9.26. The molecular weight excluding hydrogens is 347 g/mol. The monoisotopic (exact) mass is 350 g/mol. The maximum atomic E-state index is 4.68. The Morgan fingerprint density at radius 1 is 1.38 bits per heavy atom. The third-order valence-corrected chi connectivity index (χ3v) is 2.89. The van der Waals surface area contributed by atoms with Crippen molar-refractivity contribution in [1.29, 1.82) is 0 Å². The Bertz CT molecular complexity index is 416. The van der Waals surface area contributed by atoms with Crippen LogP contribution >= 0.6 is 38.5 Å². The van der Waals surface area contributed by atoms with E-state index < -0.39 is 0 Å². The van der Waals surface area contributed by atoms with E-state index in [0.29, 0.717) is 5.82 Å². The van der Waals surface area contributed by atoms with E-state index in [9.17, 15) is 0 Å². The summed E-state index contributed by atoms with van der Waals surface area (Å²) >= 11 is 5.67. The molecular formula is C8H4BrIN2O. The van der Waals surface area contributed by atoms with Crippen molar-refractivity contribution in [2.24, 2.45) is 0 Å². The van der Waals surface area contributed by atoms with Crippen LogP contribution < -0.4 is 0 Å². The first-order valence-corrected chi connectivity index (χ1v) is 5.36. The van der Waals surface area contributed by atoms with Crippen LogP contribution in [0.2, 0.25) is 0 Å². The number of hydrogen-bond donors (Lipinski definition) is 0. The van der Waals surface area contributed by atoms with Gasteiger partial charge in [0.15, 0.2) is 0 Å². The molecule has 1 aromatic heterocycles. The third kappa shape index (κ3) is 1.91. The van der Waals surface area contributed by atoms with Crippen LogP contribution in [0.3, 0.4) is 0 Å². The van der Waals surface area contributed by atoms with Crippen molar-refractivity contribution in [3.8, 4) is 11.4 Å². The van der Waals surface area contributed by atoms with Gasteiger partial charge in [-0.1, -0.05) is 21.1 Å². The fourth-order valence-corrected chi connectivity index (χ4v) is 1.87. The predicted molar refractivity (Wildman–Crippen MR) is 60.2 cm³/mol. The van der Waals surface area contributed by atoms with E-state index in [4.69, 9.17) is 0 Å². The molecule has 0 aliphatic heterocycles. The number of rotatable bonds is 1. The van der Waals surface area contributed by atoms with Gasteiger partial charge in [0, 0.05) is 13.6 Å². The molecule has 0 bridgehead atoms. The molecule has 5 heteroatoms. The van der Waals surface area contributed by atoms with E-state index in [1.165, 1.54) is 6.39 Å². The van der Waals surface area contributed by atoms with Crippen molar-refractivity contribution in [2.75, 3.05) is 0 Å². The van der Waals surface area contributed by atoms with Crippen molar-refractivity contribution in [2.45, 2.75) is 0 Å². The molecule has 0 saturated carbocycles. The Hall–Kier alpha value is -0.430. The lowest BCUT2D eigenvalue weighted by atomic mass is 10.2. The minimum atomic E-state index is 0.602. The first kappa shape index (κ1) is 9.14. The molecule has 0 aliphatic rings. The number of aromatic nitrogens is 2. The Kier molecular flexibility index (Phi) is 2.63. The lowest BCUT2D eigenvalue weighted by Gasteiger charge is -1.98. The van der Waals surface area contributed by atoms with E-state index >= 15 is 0 Å². The summed E-state index contributed by atoms with van der Waals surface area (Å²) in [5.74, 6) is 0.602. The average molecular weight is 351 g/mol. The van der Waals surface area contributed by atoms with E-state index in [2.05, 4.69) is 53.2 Å². The third-order valence-electron chi connectivity index (χ3n) is 1.53. The molecule has 0 saturated heterocycles. The van der Waals surface area contributed by atoms with E-state index in [1.807, 2.05) is 18.2 Å². The Morgan fingerprint density at radius 2 is 2.23 bits per heavy atom. The first-order valence-electron chi connectivity index (χ1n) is 3.49. The lowest BCUT2D eigenvalue weighted by molar-refractivity contribution is 0.418. The molecule has 0 fully saturated rings. The van der Waals surface area contributed by atoms with Gasteiger partial charge in [0.25, 0.3) is 0 Å². The van der Waals surface area contributed by atoms with Gasteiger partial charge < -0.3 is 4.52 Å². The van der Waals surface area contributed by atoms with Crippen molar-refractivity contribution in [1.82, 2.24) is 10.1 Å². The van der Waals surface area contributed by atoms with Gasteiger partial charge in [-0.25, -0.2) is 0 Å². The molecule has 0 amide bonds. The van der Waals surface area contributed by atoms with E-state index in [-0.39, 0.29) is 0 Å². The van der Waals surface area contributed by atoms with Crippen molar-refractivity contribution < 1.29 is 4.52 Å². The summed E-state index contributed by atoms with van der Waals surface area (Å²) in [4.78, 5) is 3.98. The molecule has 13 heavy (non-hydrogen) atoms. The van der Waals surface area contributed by atoms with Crippen LogP contribution in [0.25, 0.3) is 11.4 Å². The quantitative estimate of drug-likeness (QED) is 0.742. The molecule has 1 heterocycles. The summed E-state index contributed by atoms with van der Waals surface area (Å²) in [6.45, 7) is 0. The number of halogens is 2. The van der Waals surface area contributed by atoms with Crippen LogP contribution in [0.5, 0.6) is 0 Å². The molecule has 3 nitrogen and oxygen atoms in total. The standard InChI is InChI=1S/C8H4BrIN2O/c9-7-2-1-5(10)3-6(7)8-11-4-13-12-8/h1-4H. The summed E-state index contributed by atoms with van der Waals surface area (Å²) in [6, 6.07) is 5.97. The predicted octanol–water partition coefficient (Wildman–Crippen LogP) is 3.10. The summed E-state index contributed by atoms with van der Waals surface area (Å²) in [6.07, 6.45) is 1.32. The minimum Gasteiger partial charge on any atom is -0.342 e. The SMILES string of the molecule is Brc1ccc(I)cc1-c1ncon1. The van der Waals surface area contributed by atoms with Crippen molar-refractivity contribution in [3.63, 3.8) is 0 Å². The Balaban J connectivity index is 2.57. The highest BCUT2D eigenvalue weighted by molar-refractivity contribution is 14.1. The van der Waals surface area contributed by atoms with Gasteiger partial charge in [0.2, 0.25) is 12.2 Å². The average Bonchev–Trinajstić information content (AvgIpc) is 2.61. The van der Waals surface area contributed by atoms with Gasteiger partial charge in [-0.3, -0.25) is 0 Å². The lowest BCUT2D eigenvalue weighted by Crippen LogP contribution is -1.83. The van der Waals surface area contributed by atoms with Crippen LogP contribution in [-0.4, -0.2) is 10.1 Å². The molecule has 2 aromatic rings. The van der Waals surface area contributed by atoms with Crippen LogP contribution in [0.15, 0.2) is 33.6 Å². The zero-order valence-corrected chi connectivity index (χ0v) is 10.1. The highest BCUT2D eigenvalue weighted by Crippen LogP contribution is 2.26. The van der Waals surface area contributed by atoms with Gasteiger partial charge in [-0.15, -0.1) is 0 Å². The maximum Gasteiger partial charge on any atom is 0.214 e. The normalized spacial score (nSPS) is 10.3. The smallest absolute Gasteiger partial charge is 0.214 e. The first-order chi connectivity index (χ1) is 6.27. The van der Waals surface area contributed by atoms with Crippen molar-refractivity contribution >= 4 is 38.5 Å². The number of hydrogen-bond acceptors (Lipinski definition) is 3. The number of benzene rings is 1. The molecule has 2 rings (SSSR count). The van der Waals surface area contributed by atoms with E-state index in [0.717, 1.165) is 13.6 Å². The van der Waals surface area contributed by atoms with Crippen LogP contribution in [0, 0.1) is 3.57 Å².